The summed E-state index contributed by atoms with van der Waals surface area (Å²) >= 11 is 3.32. The van der Waals surface area contributed by atoms with E-state index in [1.54, 1.807) is 6.07 Å². The van der Waals surface area contributed by atoms with Gasteiger partial charge in [-0.05, 0) is 26.0 Å². The first-order valence-electron chi connectivity index (χ1n) is 4.07. The smallest absolute Gasteiger partial charge is 0.150 e. The monoisotopic (exact) mass is 242 g/mol. The van der Waals surface area contributed by atoms with E-state index in [-0.39, 0.29) is 0 Å². The molecule has 0 unspecified atom stereocenters. The van der Waals surface area contributed by atoms with Gasteiger partial charge >= 0.3 is 0 Å². The quantitative estimate of drug-likeness (QED) is 0.763. The van der Waals surface area contributed by atoms with Crippen molar-refractivity contribution >= 4 is 22.2 Å². The fourth-order valence-corrected chi connectivity index (χ4v) is 1.56. The van der Waals surface area contributed by atoms with E-state index in [2.05, 4.69) is 15.9 Å². The molecule has 0 heterocycles. The van der Waals surface area contributed by atoms with Crippen molar-refractivity contribution in [1.82, 2.24) is 0 Å². The zero-order valence-corrected chi connectivity index (χ0v) is 9.22. The predicted molar refractivity (Wildman–Crippen MR) is 55.4 cm³/mol. The molecule has 0 spiro atoms. The summed E-state index contributed by atoms with van der Waals surface area (Å²) in [6.07, 6.45) is 0.836. The molecule has 0 aliphatic carbocycles. The summed E-state index contributed by atoms with van der Waals surface area (Å²) in [4.78, 5) is 10.7. The van der Waals surface area contributed by atoms with Gasteiger partial charge in [-0.2, -0.15) is 0 Å². The van der Waals surface area contributed by atoms with Crippen LogP contribution in [0.15, 0.2) is 16.6 Å². The predicted octanol–water partition coefficient (Wildman–Crippen LogP) is 2.97. The molecule has 0 saturated carbocycles. The number of halogens is 1. The molecule has 70 valence electrons. The Hall–Kier alpha value is -0.830. The number of ether oxygens (including phenoxy) is 1. The second kappa shape index (κ2) is 4.42. The molecule has 0 bridgehead atoms. The molecule has 13 heavy (non-hydrogen) atoms. The molecule has 1 rings (SSSR count). The molecule has 1 aromatic carbocycles. The van der Waals surface area contributed by atoms with Gasteiger partial charge in [0.1, 0.15) is 12.0 Å². The Morgan fingerprint density at radius 3 is 2.77 bits per heavy atom. The van der Waals surface area contributed by atoms with Gasteiger partial charge in [0.05, 0.1) is 6.61 Å². The van der Waals surface area contributed by atoms with Gasteiger partial charge in [0.25, 0.3) is 0 Å². The van der Waals surface area contributed by atoms with E-state index in [0.717, 1.165) is 22.1 Å². The van der Waals surface area contributed by atoms with Crippen LogP contribution in [0.3, 0.4) is 0 Å². The lowest BCUT2D eigenvalue weighted by Gasteiger charge is -2.09. The SMILES string of the molecule is CCOc1cc(Br)cc(C=O)c1C. The van der Waals surface area contributed by atoms with E-state index in [1.165, 1.54) is 0 Å². The van der Waals surface area contributed by atoms with E-state index >= 15 is 0 Å². The molecule has 0 N–H and O–H groups in total. The Morgan fingerprint density at radius 2 is 2.23 bits per heavy atom. The topological polar surface area (TPSA) is 26.3 Å². The maximum absolute atomic E-state index is 10.7. The Balaban J connectivity index is 3.18. The van der Waals surface area contributed by atoms with Crippen LogP contribution in [0.5, 0.6) is 5.75 Å². The summed E-state index contributed by atoms with van der Waals surface area (Å²) in [7, 11) is 0. The standard InChI is InChI=1S/C10H11BrO2/c1-3-13-10-5-9(11)4-8(6-12)7(10)2/h4-6H,3H2,1-2H3. The minimum atomic E-state index is 0.607. The normalized spacial score (nSPS) is 9.77. The highest BCUT2D eigenvalue weighted by molar-refractivity contribution is 9.10. The lowest BCUT2D eigenvalue weighted by atomic mass is 10.1. The highest BCUT2D eigenvalue weighted by atomic mass is 79.9. The summed E-state index contributed by atoms with van der Waals surface area (Å²) < 4.78 is 6.24. The third-order valence-corrected chi connectivity index (χ3v) is 2.25. The van der Waals surface area contributed by atoms with Gasteiger partial charge in [-0.3, -0.25) is 4.79 Å². The first-order valence-corrected chi connectivity index (χ1v) is 4.86. The van der Waals surface area contributed by atoms with Gasteiger partial charge in [0.2, 0.25) is 0 Å². The van der Waals surface area contributed by atoms with Crippen molar-refractivity contribution in [1.29, 1.82) is 0 Å². The fourth-order valence-electron chi connectivity index (χ4n) is 1.10. The molecule has 0 fully saturated rings. The molecular formula is C10H11BrO2. The molecule has 0 aliphatic rings. The van der Waals surface area contributed by atoms with Crippen molar-refractivity contribution in [3.8, 4) is 5.75 Å². The number of hydrogen-bond donors (Lipinski definition) is 0. The van der Waals surface area contributed by atoms with E-state index in [1.807, 2.05) is 19.9 Å². The summed E-state index contributed by atoms with van der Waals surface area (Å²) in [5.74, 6) is 0.763. The first-order chi connectivity index (χ1) is 6.19. The molecule has 3 heteroatoms. The van der Waals surface area contributed by atoms with Crippen LogP contribution in [0.2, 0.25) is 0 Å². The van der Waals surface area contributed by atoms with Gasteiger partial charge in [0.15, 0.2) is 0 Å². The molecule has 1 aromatic rings. The minimum absolute atomic E-state index is 0.607. The van der Waals surface area contributed by atoms with Crippen LogP contribution in [0.1, 0.15) is 22.8 Å². The Morgan fingerprint density at radius 1 is 1.54 bits per heavy atom. The molecule has 0 aliphatic heterocycles. The molecular weight excluding hydrogens is 232 g/mol. The van der Waals surface area contributed by atoms with Crippen molar-refractivity contribution < 1.29 is 9.53 Å². The van der Waals surface area contributed by atoms with Crippen LogP contribution in [-0.4, -0.2) is 12.9 Å². The van der Waals surface area contributed by atoms with Gasteiger partial charge in [-0.1, -0.05) is 15.9 Å². The van der Waals surface area contributed by atoms with Crippen LogP contribution >= 0.6 is 15.9 Å². The zero-order valence-electron chi connectivity index (χ0n) is 7.63. The van der Waals surface area contributed by atoms with E-state index in [4.69, 9.17) is 4.74 Å². The number of hydrogen-bond acceptors (Lipinski definition) is 2. The van der Waals surface area contributed by atoms with Crippen molar-refractivity contribution in [2.24, 2.45) is 0 Å². The summed E-state index contributed by atoms with van der Waals surface area (Å²) in [6.45, 7) is 4.40. The molecule has 0 saturated heterocycles. The highest BCUT2D eigenvalue weighted by Crippen LogP contribution is 2.26. The lowest BCUT2D eigenvalue weighted by molar-refractivity contribution is 0.112. The number of carbonyl (C=O) groups is 1. The number of rotatable bonds is 3. The second-order valence-corrected chi connectivity index (χ2v) is 3.58. The largest absolute Gasteiger partial charge is 0.494 e. The summed E-state index contributed by atoms with van der Waals surface area (Å²) in [5.41, 5.74) is 1.55. The van der Waals surface area contributed by atoms with Crippen molar-refractivity contribution in [2.45, 2.75) is 13.8 Å². The molecule has 0 amide bonds. The van der Waals surface area contributed by atoms with E-state index < -0.39 is 0 Å². The van der Waals surface area contributed by atoms with E-state index in [0.29, 0.717) is 12.2 Å². The minimum Gasteiger partial charge on any atom is -0.494 e. The van der Waals surface area contributed by atoms with Crippen LogP contribution in [0.25, 0.3) is 0 Å². The maximum Gasteiger partial charge on any atom is 0.150 e. The van der Waals surface area contributed by atoms with Gasteiger partial charge < -0.3 is 4.74 Å². The van der Waals surface area contributed by atoms with E-state index in [9.17, 15) is 4.79 Å². The van der Waals surface area contributed by atoms with Crippen molar-refractivity contribution in [2.75, 3.05) is 6.61 Å². The first kappa shape index (κ1) is 10.3. The van der Waals surface area contributed by atoms with Gasteiger partial charge in [0, 0.05) is 15.6 Å². The number of aldehydes is 1. The molecule has 0 aromatic heterocycles. The van der Waals surface area contributed by atoms with Crippen LogP contribution < -0.4 is 4.74 Å². The third kappa shape index (κ3) is 2.31. The average Bonchev–Trinajstić information content (AvgIpc) is 2.11. The Labute approximate surface area is 86.0 Å². The van der Waals surface area contributed by atoms with Crippen LogP contribution in [-0.2, 0) is 0 Å². The zero-order chi connectivity index (χ0) is 9.84. The highest BCUT2D eigenvalue weighted by Gasteiger charge is 2.05. The van der Waals surface area contributed by atoms with Crippen LogP contribution in [0.4, 0.5) is 0 Å². The Kier molecular flexibility index (Phi) is 3.48. The molecule has 2 nitrogen and oxygen atoms in total. The molecule has 0 radical (unpaired) electrons. The molecule has 0 atom stereocenters. The van der Waals surface area contributed by atoms with Crippen molar-refractivity contribution in [3.63, 3.8) is 0 Å². The van der Waals surface area contributed by atoms with Gasteiger partial charge in [-0.15, -0.1) is 0 Å². The maximum atomic E-state index is 10.7. The number of carbonyl (C=O) groups excluding carboxylic acids is 1. The van der Waals surface area contributed by atoms with Crippen LogP contribution in [0, 0.1) is 6.92 Å². The second-order valence-electron chi connectivity index (χ2n) is 2.67. The van der Waals surface area contributed by atoms with Crippen molar-refractivity contribution in [3.05, 3.63) is 27.7 Å². The summed E-state index contributed by atoms with van der Waals surface area (Å²) in [6, 6.07) is 3.65. The Bertz CT molecular complexity index is 321. The average molecular weight is 243 g/mol. The fraction of sp³-hybridized carbons (Fsp3) is 0.300. The number of benzene rings is 1. The van der Waals surface area contributed by atoms with Gasteiger partial charge in [-0.25, -0.2) is 0 Å². The third-order valence-electron chi connectivity index (χ3n) is 1.79. The lowest BCUT2D eigenvalue weighted by Crippen LogP contribution is -1.97. The summed E-state index contributed by atoms with van der Waals surface area (Å²) in [5, 5.41) is 0.